The molecule has 0 unspecified atom stereocenters. The van der Waals surface area contributed by atoms with Gasteiger partial charge in [0.25, 0.3) is 10.0 Å². The van der Waals surface area contributed by atoms with Crippen LogP contribution in [0.4, 0.5) is 0 Å². The first-order valence-electron chi connectivity index (χ1n) is 7.70. The van der Waals surface area contributed by atoms with Gasteiger partial charge in [-0.3, -0.25) is 5.10 Å². The minimum Gasteiger partial charge on any atom is -0.313 e. The van der Waals surface area contributed by atoms with Gasteiger partial charge in [-0.25, -0.2) is 8.42 Å². The van der Waals surface area contributed by atoms with Crippen LogP contribution in [-0.2, 0) is 16.6 Å². The highest BCUT2D eigenvalue weighted by Crippen LogP contribution is 2.28. The third-order valence-electron chi connectivity index (χ3n) is 4.28. The van der Waals surface area contributed by atoms with Crippen molar-refractivity contribution in [1.29, 1.82) is 0 Å². The molecule has 0 atom stereocenters. The Balaban J connectivity index is 2.10. The Kier molecular flexibility index (Phi) is 5.40. The molecule has 0 aliphatic carbocycles. The fraction of sp³-hybridized carbons (Fsp3) is 0.786. The van der Waals surface area contributed by atoms with E-state index in [1.807, 2.05) is 6.92 Å². The van der Waals surface area contributed by atoms with Crippen molar-refractivity contribution in [3.05, 3.63) is 11.8 Å². The number of hydrogen-bond donors (Lipinski definition) is 2. The number of rotatable bonds is 6. The Morgan fingerprint density at radius 3 is 2.67 bits per heavy atom. The maximum absolute atomic E-state index is 12.7. The van der Waals surface area contributed by atoms with E-state index < -0.39 is 10.0 Å². The molecule has 6 nitrogen and oxygen atoms in total. The van der Waals surface area contributed by atoms with Gasteiger partial charge in [-0.1, -0.05) is 20.8 Å². The predicted molar refractivity (Wildman–Crippen MR) is 82.3 cm³/mol. The quantitative estimate of drug-likeness (QED) is 0.835. The lowest BCUT2D eigenvalue weighted by molar-refractivity contribution is 0.226. The molecule has 2 N–H and O–H groups in total. The summed E-state index contributed by atoms with van der Waals surface area (Å²) < 4.78 is 27.1. The zero-order valence-electron chi connectivity index (χ0n) is 13.1. The molecular formula is C14H26N4O2S. The van der Waals surface area contributed by atoms with Gasteiger partial charge in [0.2, 0.25) is 0 Å². The first kappa shape index (κ1) is 16.5. The second-order valence-corrected chi connectivity index (χ2v) is 7.87. The van der Waals surface area contributed by atoms with Crippen LogP contribution in [0.5, 0.6) is 0 Å². The minimum atomic E-state index is -3.45. The summed E-state index contributed by atoms with van der Waals surface area (Å²) in [5.74, 6) is 1.24. The van der Waals surface area contributed by atoms with Crippen LogP contribution in [-0.4, -0.2) is 42.6 Å². The molecule has 0 amide bonds. The van der Waals surface area contributed by atoms with Gasteiger partial charge in [0.05, 0.1) is 6.20 Å². The van der Waals surface area contributed by atoms with Crippen LogP contribution in [0.15, 0.2) is 11.2 Å². The summed E-state index contributed by atoms with van der Waals surface area (Å²) in [4.78, 5) is 0. The highest BCUT2D eigenvalue weighted by atomic mass is 32.2. The first-order valence-corrected chi connectivity index (χ1v) is 9.14. The standard InChI is InChI=1S/C14H26N4O2S/c1-4-15-9-13-10-16-17-14(13)21(19,20)18-7-5-12(6-8-18)11(2)3/h10-12,15H,4-9H2,1-3H3,(H,16,17). The van der Waals surface area contributed by atoms with Crippen LogP contribution in [0, 0.1) is 11.8 Å². The Hall–Kier alpha value is -0.920. The van der Waals surface area contributed by atoms with E-state index in [1.54, 1.807) is 10.5 Å². The third kappa shape index (κ3) is 3.64. The zero-order chi connectivity index (χ0) is 15.5. The molecule has 0 spiro atoms. The van der Waals surface area contributed by atoms with Crippen molar-refractivity contribution in [2.24, 2.45) is 11.8 Å². The normalized spacial score (nSPS) is 18.5. The third-order valence-corrected chi connectivity index (χ3v) is 6.20. The maximum Gasteiger partial charge on any atom is 0.260 e. The molecule has 1 aliphatic rings. The molecule has 0 bridgehead atoms. The van der Waals surface area contributed by atoms with Gasteiger partial charge in [-0.15, -0.1) is 0 Å². The number of aromatic amines is 1. The van der Waals surface area contributed by atoms with Crippen LogP contribution in [0.1, 0.15) is 39.2 Å². The molecule has 120 valence electrons. The molecule has 1 aliphatic heterocycles. The number of H-pyrrole nitrogens is 1. The summed E-state index contributed by atoms with van der Waals surface area (Å²) in [6, 6.07) is 0. The van der Waals surface area contributed by atoms with Gasteiger partial charge >= 0.3 is 0 Å². The summed E-state index contributed by atoms with van der Waals surface area (Å²) in [7, 11) is -3.45. The number of aromatic nitrogens is 2. The number of hydrogen-bond acceptors (Lipinski definition) is 4. The summed E-state index contributed by atoms with van der Waals surface area (Å²) >= 11 is 0. The van der Waals surface area contributed by atoms with Crippen LogP contribution in [0.2, 0.25) is 0 Å². The minimum absolute atomic E-state index is 0.242. The summed E-state index contributed by atoms with van der Waals surface area (Å²) in [5.41, 5.74) is 0.711. The number of nitrogens with zero attached hydrogens (tertiary/aromatic N) is 2. The summed E-state index contributed by atoms with van der Waals surface area (Å²) in [5, 5.41) is 9.96. The topological polar surface area (TPSA) is 78.1 Å². The van der Waals surface area contributed by atoms with Gasteiger partial charge < -0.3 is 5.32 Å². The molecule has 2 heterocycles. The average molecular weight is 314 g/mol. The van der Waals surface area contributed by atoms with E-state index in [9.17, 15) is 8.42 Å². The SMILES string of the molecule is CCNCc1cn[nH]c1S(=O)(=O)N1CCC(C(C)C)CC1. The van der Waals surface area contributed by atoms with Gasteiger partial charge in [-0.05, 0) is 31.2 Å². The fourth-order valence-corrected chi connectivity index (χ4v) is 4.39. The van der Waals surface area contributed by atoms with Gasteiger partial charge in [-0.2, -0.15) is 9.40 Å². The predicted octanol–water partition coefficient (Wildman–Crippen LogP) is 1.58. The molecule has 0 saturated carbocycles. The average Bonchev–Trinajstić information content (AvgIpc) is 2.94. The molecule has 1 saturated heterocycles. The van der Waals surface area contributed by atoms with Crippen LogP contribution < -0.4 is 5.32 Å². The van der Waals surface area contributed by atoms with Gasteiger partial charge in [0.15, 0.2) is 5.03 Å². The van der Waals surface area contributed by atoms with Crippen molar-refractivity contribution in [2.75, 3.05) is 19.6 Å². The molecule has 1 fully saturated rings. The number of nitrogens with one attached hydrogen (secondary N) is 2. The van der Waals surface area contributed by atoms with Crippen molar-refractivity contribution < 1.29 is 8.42 Å². The summed E-state index contributed by atoms with van der Waals surface area (Å²) in [6.07, 6.45) is 3.47. The maximum atomic E-state index is 12.7. The number of piperidine rings is 1. The van der Waals surface area contributed by atoms with E-state index in [1.165, 1.54) is 0 Å². The molecule has 0 aromatic carbocycles. The van der Waals surface area contributed by atoms with E-state index in [2.05, 4.69) is 29.4 Å². The second kappa shape index (κ2) is 6.89. The zero-order valence-corrected chi connectivity index (χ0v) is 13.9. The molecular weight excluding hydrogens is 288 g/mol. The molecule has 2 rings (SSSR count). The van der Waals surface area contributed by atoms with Crippen molar-refractivity contribution in [2.45, 2.75) is 45.2 Å². The Bertz CT molecular complexity index is 545. The molecule has 7 heteroatoms. The van der Waals surface area contributed by atoms with Gasteiger partial charge in [0.1, 0.15) is 0 Å². The molecule has 21 heavy (non-hydrogen) atoms. The molecule has 1 aromatic rings. The fourth-order valence-electron chi connectivity index (χ4n) is 2.82. The van der Waals surface area contributed by atoms with Crippen molar-refractivity contribution >= 4 is 10.0 Å². The van der Waals surface area contributed by atoms with E-state index >= 15 is 0 Å². The second-order valence-electron chi connectivity index (χ2n) is 5.99. The summed E-state index contributed by atoms with van der Waals surface area (Å²) in [6.45, 7) is 8.92. The van der Waals surface area contributed by atoms with Crippen LogP contribution in [0.3, 0.4) is 0 Å². The molecule has 1 aromatic heterocycles. The van der Waals surface area contributed by atoms with E-state index in [0.717, 1.165) is 19.4 Å². The van der Waals surface area contributed by atoms with Crippen LogP contribution >= 0.6 is 0 Å². The van der Waals surface area contributed by atoms with Crippen LogP contribution in [0.25, 0.3) is 0 Å². The van der Waals surface area contributed by atoms with Gasteiger partial charge in [0, 0.05) is 25.2 Å². The highest BCUT2D eigenvalue weighted by molar-refractivity contribution is 7.89. The van der Waals surface area contributed by atoms with Crippen molar-refractivity contribution in [1.82, 2.24) is 19.8 Å². The van der Waals surface area contributed by atoms with Crippen molar-refractivity contribution in [3.8, 4) is 0 Å². The lowest BCUT2D eigenvalue weighted by Gasteiger charge is -2.32. The Labute approximate surface area is 127 Å². The monoisotopic (exact) mass is 314 g/mol. The number of sulfonamides is 1. The van der Waals surface area contributed by atoms with Crippen molar-refractivity contribution in [3.63, 3.8) is 0 Å². The largest absolute Gasteiger partial charge is 0.313 e. The first-order chi connectivity index (χ1) is 9.96. The Morgan fingerprint density at radius 2 is 2.10 bits per heavy atom. The van der Waals surface area contributed by atoms with E-state index in [-0.39, 0.29) is 5.03 Å². The molecule has 0 radical (unpaired) electrons. The lowest BCUT2D eigenvalue weighted by Crippen LogP contribution is -2.40. The smallest absolute Gasteiger partial charge is 0.260 e. The van der Waals surface area contributed by atoms with E-state index in [0.29, 0.717) is 37.0 Å². The highest BCUT2D eigenvalue weighted by Gasteiger charge is 2.32. The van der Waals surface area contributed by atoms with E-state index in [4.69, 9.17) is 0 Å². The Morgan fingerprint density at radius 1 is 1.43 bits per heavy atom. The lowest BCUT2D eigenvalue weighted by atomic mass is 9.87.